The van der Waals surface area contributed by atoms with Crippen molar-refractivity contribution >= 4 is 11.6 Å². The highest BCUT2D eigenvalue weighted by atomic mass is 16.3. The summed E-state index contributed by atoms with van der Waals surface area (Å²) in [6.07, 6.45) is 2.72. The topological polar surface area (TPSA) is 49.3 Å². The third kappa shape index (κ3) is 3.10. The standard InChI is InChI=1S/C15H21NO2/c1-10(2)8-14(17)12-6-7-13-11(9-12)4-3-5-15(18)16-13/h6-7,9-10,14,17H,3-5,8H2,1-2H3,(H,16,18). The first kappa shape index (κ1) is 13.1. The SMILES string of the molecule is CC(C)CC(O)c1ccc2c(c1)CCCC(=O)N2. The maximum atomic E-state index is 11.4. The third-order valence-corrected chi connectivity index (χ3v) is 3.33. The molecule has 98 valence electrons. The molecular weight excluding hydrogens is 226 g/mol. The van der Waals surface area contributed by atoms with Gasteiger partial charge in [-0.1, -0.05) is 26.0 Å². The molecule has 2 N–H and O–H groups in total. The molecule has 0 radical (unpaired) electrons. The molecule has 1 aromatic carbocycles. The van der Waals surface area contributed by atoms with Crippen molar-refractivity contribution in [3.8, 4) is 0 Å². The third-order valence-electron chi connectivity index (χ3n) is 3.33. The second kappa shape index (κ2) is 5.53. The Kier molecular flexibility index (Phi) is 4.02. The van der Waals surface area contributed by atoms with Crippen LogP contribution in [0.2, 0.25) is 0 Å². The van der Waals surface area contributed by atoms with Gasteiger partial charge in [-0.3, -0.25) is 4.79 Å². The number of aliphatic hydroxyl groups excluding tert-OH is 1. The normalized spacial score (nSPS) is 17.0. The van der Waals surface area contributed by atoms with Gasteiger partial charge >= 0.3 is 0 Å². The minimum Gasteiger partial charge on any atom is -0.388 e. The van der Waals surface area contributed by atoms with Crippen molar-refractivity contribution < 1.29 is 9.90 Å². The van der Waals surface area contributed by atoms with Crippen LogP contribution in [0.5, 0.6) is 0 Å². The van der Waals surface area contributed by atoms with Crippen LogP contribution in [0.25, 0.3) is 0 Å². The van der Waals surface area contributed by atoms with Crippen molar-refractivity contribution in [3.05, 3.63) is 29.3 Å². The molecule has 1 atom stereocenters. The Labute approximate surface area is 108 Å². The van der Waals surface area contributed by atoms with Crippen LogP contribution < -0.4 is 5.32 Å². The van der Waals surface area contributed by atoms with E-state index < -0.39 is 6.10 Å². The Balaban J connectivity index is 2.21. The van der Waals surface area contributed by atoms with Crippen molar-refractivity contribution in [3.63, 3.8) is 0 Å². The van der Waals surface area contributed by atoms with E-state index in [2.05, 4.69) is 19.2 Å². The number of rotatable bonds is 3. The summed E-state index contributed by atoms with van der Waals surface area (Å²) in [6.45, 7) is 4.21. The van der Waals surface area contributed by atoms with Crippen LogP contribution in [0.4, 0.5) is 5.69 Å². The number of aryl methyl sites for hydroxylation is 1. The minimum absolute atomic E-state index is 0.0872. The maximum absolute atomic E-state index is 11.4. The molecule has 3 heteroatoms. The number of amides is 1. The molecule has 18 heavy (non-hydrogen) atoms. The van der Waals surface area contributed by atoms with Crippen molar-refractivity contribution in [2.24, 2.45) is 5.92 Å². The fourth-order valence-corrected chi connectivity index (χ4v) is 2.38. The summed E-state index contributed by atoms with van der Waals surface area (Å²) >= 11 is 0. The molecule has 0 spiro atoms. The molecule has 0 saturated heterocycles. The fraction of sp³-hybridized carbons (Fsp3) is 0.533. The van der Waals surface area contributed by atoms with Gasteiger partial charge in [0.25, 0.3) is 0 Å². The number of aliphatic hydroxyl groups is 1. The fourth-order valence-electron chi connectivity index (χ4n) is 2.38. The van der Waals surface area contributed by atoms with Crippen LogP contribution in [-0.4, -0.2) is 11.0 Å². The zero-order valence-corrected chi connectivity index (χ0v) is 11.1. The van der Waals surface area contributed by atoms with Crippen LogP contribution in [0.1, 0.15) is 50.3 Å². The van der Waals surface area contributed by atoms with Gasteiger partial charge in [-0.15, -0.1) is 0 Å². The summed E-state index contributed by atoms with van der Waals surface area (Å²) in [5.74, 6) is 0.558. The van der Waals surface area contributed by atoms with Crippen LogP contribution in [0.15, 0.2) is 18.2 Å². The average molecular weight is 247 g/mol. The van der Waals surface area contributed by atoms with E-state index in [0.717, 1.165) is 36.1 Å². The smallest absolute Gasteiger partial charge is 0.224 e. The number of hydrogen-bond donors (Lipinski definition) is 2. The van der Waals surface area contributed by atoms with Gasteiger partial charge in [0.15, 0.2) is 0 Å². The van der Waals surface area contributed by atoms with Crippen LogP contribution in [0, 0.1) is 5.92 Å². The first-order valence-corrected chi connectivity index (χ1v) is 6.67. The van der Waals surface area contributed by atoms with E-state index in [1.807, 2.05) is 18.2 Å². The number of carbonyl (C=O) groups excluding carboxylic acids is 1. The van der Waals surface area contributed by atoms with Crippen LogP contribution in [-0.2, 0) is 11.2 Å². The quantitative estimate of drug-likeness (QED) is 0.862. The summed E-state index contributed by atoms with van der Waals surface area (Å²) in [7, 11) is 0. The summed E-state index contributed by atoms with van der Waals surface area (Å²) < 4.78 is 0. The van der Waals surface area contributed by atoms with E-state index in [9.17, 15) is 9.90 Å². The van der Waals surface area contributed by atoms with Gasteiger partial charge in [-0.25, -0.2) is 0 Å². The van der Waals surface area contributed by atoms with E-state index in [-0.39, 0.29) is 5.91 Å². The Bertz CT molecular complexity index is 440. The molecule has 0 aromatic heterocycles. The number of fused-ring (bicyclic) bond motifs is 1. The Morgan fingerprint density at radius 2 is 2.11 bits per heavy atom. The number of anilines is 1. The summed E-state index contributed by atoms with van der Waals surface area (Å²) in [5, 5.41) is 13.0. The van der Waals surface area contributed by atoms with Gasteiger partial charge in [-0.2, -0.15) is 0 Å². The van der Waals surface area contributed by atoms with Gasteiger partial charge in [-0.05, 0) is 42.4 Å². The highest BCUT2D eigenvalue weighted by molar-refractivity contribution is 5.92. The molecule has 1 unspecified atom stereocenters. The molecule has 1 aliphatic rings. The van der Waals surface area contributed by atoms with E-state index in [1.54, 1.807) is 0 Å². The first-order chi connectivity index (χ1) is 8.56. The minimum atomic E-state index is -0.408. The summed E-state index contributed by atoms with van der Waals surface area (Å²) in [5.41, 5.74) is 3.00. The van der Waals surface area contributed by atoms with Gasteiger partial charge in [0.05, 0.1) is 6.10 Å². The highest BCUT2D eigenvalue weighted by Crippen LogP contribution is 2.28. The lowest BCUT2D eigenvalue weighted by Gasteiger charge is -2.16. The van der Waals surface area contributed by atoms with Gasteiger partial charge in [0, 0.05) is 12.1 Å². The number of hydrogen-bond acceptors (Lipinski definition) is 2. The second-order valence-corrected chi connectivity index (χ2v) is 5.46. The predicted octanol–water partition coefficient (Wildman–Crippen LogP) is 3.04. The Morgan fingerprint density at radius 3 is 2.83 bits per heavy atom. The molecule has 0 fully saturated rings. The van der Waals surface area contributed by atoms with Crippen molar-refractivity contribution in [2.75, 3.05) is 5.32 Å². The van der Waals surface area contributed by atoms with Crippen LogP contribution in [0.3, 0.4) is 0 Å². The van der Waals surface area contributed by atoms with E-state index in [4.69, 9.17) is 0 Å². The van der Waals surface area contributed by atoms with Crippen molar-refractivity contribution in [1.29, 1.82) is 0 Å². The Morgan fingerprint density at radius 1 is 1.33 bits per heavy atom. The lowest BCUT2D eigenvalue weighted by Crippen LogP contribution is -2.09. The molecule has 1 aliphatic heterocycles. The lowest BCUT2D eigenvalue weighted by atomic mass is 9.96. The maximum Gasteiger partial charge on any atom is 0.224 e. The molecule has 3 nitrogen and oxygen atoms in total. The molecule has 0 bridgehead atoms. The molecule has 1 aromatic rings. The molecule has 0 saturated carbocycles. The van der Waals surface area contributed by atoms with Crippen molar-refractivity contribution in [2.45, 2.75) is 45.6 Å². The first-order valence-electron chi connectivity index (χ1n) is 6.67. The molecule has 1 amide bonds. The Hall–Kier alpha value is -1.35. The highest BCUT2D eigenvalue weighted by Gasteiger charge is 2.16. The van der Waals surface area contributed by atoms with Gasteiger partial charge in [0.1, 0.15) is 0 Å². The van der Waals surface area contributed by atoms with E-state index in [1.165, 1.54) is 0 Å². The van der Waals surface area contributed by atoms with Crippen molar-refractivity contribution in [1.82, 2.24) is 0 Å². The average Bonchev–Trinajstić information content (AvgIpc) is 2.47. The molecule has 0 aliphatic carbocycles. The van der Waals surface area contributed by atoms with Gasteiger partial charge in [0.2, 0.25) is 5.91 Å². The monoisotopic (exact) mass is 247 g/mol. The largest absolute Gasteiger partial charge is 0.388 e. The lowest BCUT2D eigenvalue weighted by molar-refractivity contribution is -0.116. The number of nitrogens with one attached hydrogen (secondary N) is 1. The molecule has 2 rings (SSSR count). The van der Waals surface area contributed by atoms with E-state index >= 15 is 0 Å². The van der Waals surface area contributed by atoms with Gasteiger partial charge < -0.3 is 10.4 Å². The zero-order valence-electron chi connectivity index (χ0n) is 11.1. The number of carbonyl (C=O) groups is 1. The summed E-state index contributed by atoms with van der Waals surface area (Å²) in [4.78, 5) is 11.4. The molecular formula is C15H21NO2. The van der Waals surface area contributed by atoms with E-state index in [0.29, 0.717) is 12.3 Å². The molecule has 1 heterocycles. The zero-order chi connectivity index (χ0) is 13.1. The number of benzene rings is 1. The predicted molar refractivity (Wildman–Crippen MR) is 72.4 cm³/mol. The summed E-state index contributed by atoms with van der Waals surface area (Å²) in [6, 6.07) is 5.86. The second-order valence-electron chi connectivity index (χ2n) is 5.46. The van der Waals surface area contributed by atoms with Crippen LogP contribution >= 0.6 is 0 Å².